The molecular weight excluding hydrogens is 202 g/mol. The van der Waals surface area contributed by atoms with Crippen molar-refractivity contribution in [3.05, 3.63) is 47.5 Å². The number of phenolic OH excluding ortho intramolecular Hbond substituents is 2. The van der Waals surface area contributed by atoms with Gasteiger partial charge in [0, 0.05) is 23.9 Å². The minimum Gasteiger partial charge on any atom is -0.504 e. The number of fused-ring (bicyclic) bond motifs is 2. The number of anilines is 2. The second-order valence-electron chi connectivity index (χ2n) is 3.96. The van der Waals surface area contributed by atoms with Crippen molar-refractivity contribution in [2.24, 2.45) is 0 Å². The van der Waals surface area contributed by atoms with E-state index in [9.17, 15) is 10.2 Å². The van der Waals surface area contributed by atoms with Crippen LogP contribution in [0.25, 0.3) is 0 Å². The lowest BCUT2D eigenvalue weighted by Gasteiger charge is -2.21. The molecule has 3 heteroatoms. The molecule has 0 fully saturated rings. The number of para-hydroxylation sites is 1. The Morgan fingerprint density at radius 2 is 1.62 bits per heavy atom. The zero-order chi connectivity index (χ0) is 11.1. The molecule has 0 aliphatic carbocycles. The summed E-state index contributed by atoms with van der Waals surface area (Å²) in [7, 11) is 0. The van der Waals surface area contributed by atoms with E-state index in [1.165, 1.54) is 5.56 Å². The summed E-state index contributed by atoms with van der Waals surface area (Å²) in [6.07, 6.45) is 0.770. The highest BCUT2D eigenvalue weighted by Gasteiger charge is 2.16. The maximum absolute atomic E-state index is 9.45. The molecule has 0 saturated heterocycles. The Balaban J connectivity index is 2.12. The van der Waals surface area contributed by atoms with E-state index in [1.54, 1.807) is 12.1 Å². The van der Waals surface area contributed by atoms with Crippen LogP contribution in [0.3, 0.4) is 0 Å². The molecule has 2 aromatic carbocycles. The maximum atomic E-state index is 9.45. The average molecular weight is 213 g/mol. The smallest absolute Gasteiger partial charge is 0.159 e. The van der Waals surface area contributed by atoms with Gasteiger partial charge in [0.1, 0.15) is 0 Å². The van der Waals surface area contributed by atoms with Crippen molar-refractivity contribution in [1.82, 2.24) is 0 Å². The monoisotopic (exact) mass is 213 g/mol. The fraction of sp³-hybridized carbons (Fsp3) is 0.0769. The molecule has 3 nitrogen and oxygen atoms in total. The highest BCUT2D eigenvalue weighted by Crippen LogP contribution is 2.38. The van der Waals surface area contributed by atoms with Gasteiger partial charge in [-0.1, -0.05) is 18.2 Å². The summed E-state index contributed by atoms with van der Waals surface area (Å²) in [5.41, 5.74) is 4.10. The molecule has 3 N–H and O–H groups in total. The molecule has 0 amide bonds. The van der Waals surface area contributed by atoms with Crippen LogP contribution in [0.15, 0.2) is 36.4 Å². The van der Waals surface area contributed by atoms with Crippen LogP contribution in [-0.4, -0.2) is 10.2 Å². The fourth-order valence-corrected chi connectivity index (χ4v) is 2.03. The summed E-state index contributed by atoms with van der Waals surface area (Å²) in [6.45, 7) is 0. The summed E-state index contributed by atoms with van der Waals surface area (Å²) in [6, 6.07) is 11.2. The molecule has 0 spiro atoms. The van der Waals surface area contributed by atoms with Crippen LogP contribution in [0, 0.1) is 0 Å². The van der Waals surface area contributed by atoms with Gasteiger partial charge >= 0.3 is 0 Å². The van der Waals surface area contributed by atoms with Crippen LogP contribution >= 0.6 is 0 Å². The molecule has 3 rings (SSSR count). The molecule has 1 aliphatic heterocycles. The van der Waals surface area contributed by atoms with Crippen LogP contribution in [0.4, 0.5) is 11.4 Å². The molecule has 0 unspecified atom stereocenters. The predicted octanol–water partition coefficient (Wildman–Crippen LogP) is 2.75. The van der Waals surface area contributed by atoms with Gasteiger partial charge in [-0.25, -0.2) is 0 Å². The molecule has 0 atom stereocenters. The summed E-state index contributed by atoms with van der Waals surface area (Å²) in [5.74, 6) is -0.162. The van der Waals surface area contributed by atoms with Gasteiger partial charge in [0.2, 0.25) is 0 Å². The lowest BCUT2D eigenvalue weighted by atomic mass is 9.97. The van der Waals surface area contributed by atoms with E-state index in [4.69, 9.17) is 0 Å². The maximum Gasteiger partial charge on any atom is 0.159 e. The summed E-state index contributed by atoms with van der Waals surface area (Å²) < 4.78 is 0. The van der Waals surface area contributed by atoms with Crippen LogP contribution in [0.1, 0.15) is 11.1 Å². The lowest BCUT2D eigenvalue weighted by Crippen LogP contribution is -2.06. The van der Waals surface area contributed by atoms with Gasteiger partial charge in [0.15, 0.2) is 11.5 Å². The molecule has 1 aliphatic rings. The van der Waals surface area contributed by atoms with Gasteiger partial charge in [-0.2, -0.15) is 0 Å². The van der Waals surface area contributed by atoms with Gasteiger partial charge in [-0.3, -0.25) is 0 Å². The SMILES string of the molecule is Oc1cc2c(cc1O)Nc1ccccc1C2. The van der Waals surface area contributed by atoms with E-state index in [1.807, 2.05) is 18.2 Å². The second kappa shape index (κ2) is 3.17. The zero-order valence-corrected chi connectivity index (χ0v) is 8.57. The Labute approximate surface area is 93.0 Å². The number of nitrogens with one attached hydrogen (secondary N) is 1. The van der Waals surface area contributed by atoms with E-state index >= 15 is 0 Å². The van der Waals surface area contributed by atoms with E-state index in [0.29, 0.717) is 0 Å². The quantitative estimate of drug-likeness (QED) is 0.397. The standard InChI is InChI=1S/C13H11NO2/c15-12-6-9-5-8-3-1-2-4-10(8)14-11(9)7-13(12)16/h1-4,6-7,14-16H,5H2. The summed E-state index contributed by atoms with van der Waals surface area (Å²) in [4.78, 5) is 0. The van der Waals surface area contributed by atoms with Crippen molar-refractivity contribution in [2.45, 2.75) is 6.42 Å². The van der Waals surface area contributed by atoms with Gasteiger partial charge < -0.3 is 15.5 Å². The third-order valence-electron chi connectivity index (χ3n) is 2.87. The van der Waals surface area contributed by atoms with Crippen molar-refractivity contribution in [3.8, 4) is 11.5 Å². The first kappa shape index (κ1) is 9.09. The number of rotatable bonds is 0. The van der Waals surface area contributed by atoms with Gasteiger partial charge in [0.25, 0.3) is 0 Å². The number of benzene rings is 2. The molecule has 1 heterocycles. The number of aromatic hydroxyl groups is 2. The highest BCUT2D eigenvalue weighted by atomic mass is 16.3. The summed E-state index contributed by atoms with van der Waals surface area (Å²) in [5, 5.41) is 22.1. The molecule has 0 radical (unpaired) electrons. The number of hydrogen-bond acceptors (Lipinski definition) is 3. The number of hydrogen-bond donors (Lipinski definition) is 3. The molecule has 16 heavy (non-hydrogen) atoms. The minimum absolute atomic E-state index is 0.0695. The van der Waals surface area contributed by atoms with E-state index in [2.05, 4.69) is 11.4 Å². The minimum atomic E-state index is -0.0920. The van der Waals surface area contributed by atoms with E-state index in [-0.39, 0.29) is 11.5 Å². The molecule has 80 valence electrons. The first-order valence-corrected chi connectivity index (χ1v) is 5.14. The lowest BCUT2D eigenvalue weighted by molar-refractivity contribution is 0.403. The van der Waals surface area contributed by atoms with Gasteiger partial charge in [0.05, 0.1) is 0 Å². The Morgan fingerprint density at radius 3 is 2.50 bits per heavy atom. The predicted molar refractivity (Wildman–Crippen MR) is 62.3 cm³/mol. The molecular formula is C13H11NO2. The van der Waals surface area contributed by atoms with Crippen LogP contribution < -0.4 is 5.32 Å². The largest absolute Gasteiger partial charge is 0.504 e. The molecule has 0 saturated carbocycles. The van der Waals surface area contributed by atoms with Crippen molar-refractivity contribution in [3.63, 3.8) is 0 Å². The van der Waals surface area contributed by atoms with Crippen molar-refractivity contribution < 1.29 is 10.2 Å². The molecule has 0 aromatic heterocycles. The Bertz CT molecular complexity index is 514. The Kier molecular flexibility index (Phi) is 1.80. The van der Waals surface area contributed by atoms with Crippen molar-refractivity contribution >= 4 is 11.4 Å². The third-order valence-corrected chi connectivity index (χ3v) is 2.87. The first-order valence-electron chi connectivity index (χ1n) is 5.14. The fourth-order valence-electron chi connectivity index (χ4n) is 2.03. The van der Waals surface area contributed by atoms with E-state index < -0.39 is 0 Å². The second-order valence-corrected chi connectivity index (χ2v) is 3.96. The van der Waals surface area contributed by atoms with Crippen LogP contribution in [-0.2, 0) is 6.42 Å². The summed E-state index contributed by atoms with van der Waals surface area (Å²) >= 11 is 0. The van der Waals surface area contributed by atoms with Crippen LogP contribution in [0.2, 0.25) is 0 Å². The average Bonchev–Trinajstić information content (AvgIpc) is 2.28. The zero-order valence-electron chi connectivity index (χ0n) is 8.57. The van der Waals surface area contributed by atoms with Gasteiger partial charge in [-0.15, -0.1) is 0 Å². The van der Waals surface area contributed by atoms with Crippen LogP contribution in [0.5, 0.6) is 11.5 Å². The third kappa shape index (κ3) is 1.29. The van der Waals surface area contributed by atoms with Crippen molar-refractivity contribution in [1.29, 1.82) is 0 Å². The highest BCUT2D eigenvalue weighted by molar-refractivity contribution is 5.73. The molecule has 2 aromatic rings. The van der Waals surface area contributed by atoms with Crippen molar-refractivity contribution in [2.75, 3.05) is 5.32 Å². The Hall–Kier alpha value is -2.16. The first-order chi connectivity index (χ1) is 7.74. The normalized spacial score (nSPS) is 12.5. The Morgan fingerprint density at radius 1 is 0.875 bits per heavy atom. The van der Waals surface area contributed by atoms with Gasteiger partial charge in [-0.05, 0) is 23.3 Å². The van der Waals surface area contributed by atoms with E-state index in [0.717, 1.165) is 23.4 Å². The molecule has 0 bridgehead atoms. The number of phenols is 2. The topological polar surface area (TPSA) is 52.5 Å².